The lowest BCUT2D eigenvalue weighted by atomic mass is 10.1. The van der Waals surface area contributed by atoms with E-state index >= 15 is 0 Å². The Balaban J connectivity index is 2.22. The lowest BCUT2D eigenvalue weighted by Gasteiger charge is -1.93. The van der Waals surface area contributed by atoms with Crippen LogP contribution in [0.15, 0.2) is 28.2 Å². The Labute approximate surface area is 85.2 Å². The lowest BCUT2D eigenvalue weighted by molar-refractivity contribution is 0.101. The Morgan fingerprint density at radius 2 is 2.07 bits per heavy atom. The largest absolute Gasteiger partial charge is 0.461 e. The van der Waals surface area contributed by atoms with Crippen molar-refractivity contribution in [3.63, 3.8) is 0 Å². The third kappa shape index (κ3) is 0.990. The number of ketones is 1. The highest BCUT2D eigenvalue weighted by molar-refractivity contribution is 7.12. The monoisotopic (exact) mass is 204 g/mol. The zero-order chi connectivity index (χ0) is 9.54. The molecule has 3 heteroatoms. The number of fused-ring (bicyclic) bond motifs is 2. The third-order valence-corrected chi connectivity index (χ3v) is 3.53. The van der Waals surface area contributed by atoms with E-state index in [1.807, 2.05) is 17.5 Å². The molecule has 0 unspecified atom stereocenters. The zero-order valence-corrected chi connectivity index (χ0v) is 8.26. The Kier molecular flexibility index (Phi) is 1.61. The molecule has 0 spiro atoms. The van der Waals surface area contributed by atoms with Gasteiger partial charge in [0.15, 0.2) is 5.76 Å². The molecule has 0 amide bonds. The SMILES string of the molecule is O=C1c2occc2CCc2ccsc21. The molecule has 0 aromatic carbocycles. The molecular weight excluding hydrogens is 196 g/mol. The second-order valence-corrected chi connectivity index (χ2v) is 4.30. The minimum atomic E-state index is 0.0486. The van der Waals surface area contributed by atoms with Crippen molar-refractivity contribution in [3.8, 4) is 0 Å². The maximum absolute atomic E-state index is 12.0. The number of thiophene rings is 1. The molecule has 14 heavy (non-hydrogen) atoms. The Morgan fingerprint density at radius 3 is 3.00 bits per heavy atom. The first-order valence-electron chi connectivity index (χ1n) is 4.53. The van der Waals surface area contributed by atoms with Gasteiger partial charge < -0.3 is 4.42 Å². The molecule has 0 aliphatic heterocycles. The van der Waals surface area contributed by atoms with E-state index in [1.54, 1.807) is 6.26 Å². The summed E-state index contributed by atoms with van der Waals surface area (Å²) >= 11 is 1.50. The molecule has 0 atom stereocenters. The van der Waals surface area contributed by atoms with Crippen LogP contribution in [0.2, 0.25) is 0 Å². The van der Waals surface area contributed by atoms with Crippen molar-refractivity contribution in [1.82, 2.24) is 0 Å². The highest BCUT2D eigenvalue weighted by atomic mass is 32.1. The predicted octanol–water partition coefficient (Wildman–Crippen LogP) is 2.67. The van der Waals surface area contributed by atoms with Gasteiger partial charge in [-0.2, -0.15) is 0 Å². The number of carbonyl (C=O) groups excluding carboxylic acids is 1. The number of hydrogen-bond acceptors (Lipinski definition) is 3. The number of rotatable bonds is 0. The van der Waals surface area contributed by atoms with Gasteiger partial charge in [0, 0.05) is 5.56 Å². The summed E-state index contributed by atoms with van der Waals surface area (Å²) in [6.07, 6.45) is 3.44. The summed E-state index contributed by atoms with van der Waals surface area (Å²) in [6, 6.07) is 3.92. The lowest BCUT2D eigenvalue weighted by Crippen LogP contribution is -1.98. The maximum atomic E-state index is 12.0. The van der Waals surface area contributed by atoms with Gasteiger partial charge in [0.25, 0.3) is 0 Å². The fourth-order valence-corrected chi connectivity index (χ4v) is 2.73. The van der Waals surface area contributed by atoms with E-state index in [4.69, 9.17) is 4.42 Å². The van der Waals surface area contributed by atoms with E-state index in [9.17, 15) is 4.79 Å². The minimum absolute atomic E-state index is 0.0486. The van der Waals surface area contributed by atoms with Gasteiger partial charge in [-0.05, 0) is 35.9 Å². The van der Waals surface area contributed by atoms with Gasteiger partial charge in [-0.1, -0.05) is 0 Å². The first kappa shape index (κ1) is 8.00. The van der Waals surface area contributed by atoms with E-state index in [0.29, 0.717) is 5.76 Å². The van der Waals surface area contributed by atoms with Crippen LogP contribution in [0.4, 0.5) is 0 Å². The first-order chi connectivity index (χ1) is 6.86. The summed E-state index contributed by atoms with van der Waals surface area (Å²) in [7, 11) is 0. The van der Waals surface area contributed by atoms with Crippen LogP contribution in [-0.4, -0.2) is 5.78 Å². The Hall–Kier alpha value is -1.35. The molecule has 2 aromatic rings. The molecule has 1 aliphatic rings. The number of furan rings is 1. The van der Waals surface area contributed by atoms with Gasteiger partial charge in [0.1, 0.15) is 0 Å². The van der Waals surface area contributed by atoms with Crippen molar-refractivity contribution < 1.29 is 9.21 Å². The molecule has 0 bridgehead atoms. The highest BCUT2D eigenvalue weighted by Gasteiger charge is 2.24. The highest BCUT2D eigenvalue weighted by Crippen LogP contribution is 2.28. The van der Waals surface area contributed by atoms with Crippen molar-refractivity contribution in [2.45, 2.75) is 12.8 Å². The Morgan fingerprint density at radius 1 is 1.21 bits per heavy atom. The van der Waals surface area contributed by atoms with Crippen molar-refractivity contribution >= 4 is 17.1 Å². The van der Waals surface area contributed by atoms with Crippen LogP contribution in [0.25, 0.3) is 0 Å². The van der Waals surface area contributed by atoms with Gasteiger partial charge in [0.2, 0.25) is 5.78 Å². The molecule has 0 saturated carbocycles. The molecule has 0 radical (unpaired) electrons. The molecule has 1 aliphatic carbocycles. The number of hydrogen-bond donors (Lipinski definition) is 0. The summed E-state index contributed by atoms with van der Waals surface area (Å²) in [5, 5.41) is 1.97. The van der Waals surface area contributed by atoms with Gasteiger partial charge in [0.05, 0.1) is 11.1 Å². The maximum Gasteiger partial charge on any atom is 0.238 e. The van der Waals surface area contributed by atoms with Crippen LogP contribution in [0, 0.1) is 0 Å². The summed E-state index contributed by atoms with van der Waals surface area (Å²) < 4.78 is 5.23. The van der Waals surface area contributed by atoms with Crippen molar-refractivity contribution in [1.29, 1.82) is 0 Å². The summed E-state index contributed by atoms with van der Waals surface area (Å²) in [6.45, 7) is 0. The molecule has 0 fully saturated rings. The second kappa shape index (κ2) is 2.82. The number of carbonyl (C=O) groups is 1. The average Bonchev–Trinajstić information content (AvgIpc) is 2.81. The van der Waals surface area contributed by atoms with Crippen LogP contribution in [0.5, 0.6) is 0 Å². The van der Waals surface area contributed by atoms with Gasteiger partial charge in [-0.25, -0.2) is 0 Å². The van der Waals surface area contributed by atoms with Gasteiger partial charge in [-0.15, -0.1) is 11.3 Å². The van der Waals surface area contributed by atoms with Crippen molar-refractivity contribution in [2.24, 2.45) is 0 Å². The molecule has 2 aromatic heterocycles. The zero-order valence-electron chi connectivity index (χ0n) is 7.45. The van der Waals surface area contributed by atoms with E-state index in [-0.39, 0.29) is 5.78 Å². The smallest absolute Gasteiger partial charge is 0.238 e. The summed E-state index contributed by atoms with van der Waals surface area (Å²) in [5.41, 5.74) is 2.20. The molecule has 70 valence electrons. The van der Waals surface area contributed by atoms with E-state index in [0.717, 1.165) is 28.8 Å². The molecule has 3 rings (SSSR count). The van der Waals surface area contributed by atoms with Crippen LogP contribution < -0.4 is 0 Å². The van der Waals surface area contributed by atoms with Crippen LogP contribution >= 0.6 is 11.3 Å². The van der Waals surface area contributed by atoms with Gasteiger partial charge in [-0.3, -0.25) is 4.79 Å². The predicted molar refractivity (Wildman–Crippen MR) is 53.9 cm³/mol. The summed E-state index contributed by atoms with van der Waals surface area (Å²) in [4.78, 5) is 12.8. The molecule has 2 heterocycles. The van der Waals surface area contributed by atoms with Crippen LogP contribution in [0.1, 0.15) is 26.6 Å². The molecule has 0 N–H and O–H groups in total. The quantitative estimate of drug-likeness (QED) is 0.660. The van der Waals surface area contributed by atoms with Crippen molar-refractivity contribution in [2.75, 3.05) is 0 Å². The molecule has 2 nitrogen and oxygen atoms in total. The normalized spacial score (nSPS) is 14.7. The second-order valence-electron chi connectivity index (χ2n) is 3.38. The third-order valence-electron chi connectivity index (χ3n) is 2.57. The Bertz CT molecular complexity index is 449. The van der Waals surface area contributed by atoms with E-state index in [1.165, 1.54) is 11.3 Å². The fourth-order valence-electron chi connectivity index (χ4n) is 1.84. The van der Waals surface area contributed by atoms with Crippen molar-refractivity contribution in [3.05, 3.63) is 45.5 Å². The van der Waals surface area contributed by atoms with Crippen LogP contribution in [0.3, 0.4) is 0 Å². The van der Waals surface area contributed by atoms with Gasteiger partial charge >= 0.3 is 0 Å². The van der Waals surface area contributed by atoms with Crippen LogP contribution in [-0.2, 0) is 12.8 Å². The fraction of sp³-hybridized carbons (Fsp3) is 0.182. The molecule has 0 saturated heterocycles. The van der Waals surface area contributed by atoms with E-state index in [2.05, 4.69) is 0 Å². The number of aryl methyl sites for hydroxylation is 2. The standard InChI is InChI=1S/C11H8O2S/c12-9-10-7(3-5-13-10)1-2-8-4-6-14-11(8)9/h3-6H,1-2H2. The summed E-state index contributed by atoms with van der Waals surface area (Å²) in [5.74, 6) is 0.582. The minimum Gasteiger partial charge on any atom is -0.461 e. The topological polar surface area (TPSA) is 30.2 Å². The average molecular weight is 204 g/mol. The van der Waals surface area contributed by atoms with E-state index < -0.39 is 0 Å². The first-order valence-corrected chi connectivity index (χ1v) is 5.41. The molecular formula is C11H8O2S.